The molecule has 0 aliphatic rings. The summed E-state index contributed by atoms with van der Waals surface area (Å²) >= 11 is 0. The Bertz CT molecular complexity index is 311. The summed E-state index contributed by atoms with van der Waals surface area (Å²) in [5.74, 6) is 0.394. The summed E-state index contributed by atoms with van der Waals surface area (Å²) in [6.45, 7) is 2.43. The number of nitrogens with one attached hydrogen (secondary N) is 1. The van der Waals surface area contributed by atoms with Gasteiger partial charge in [0, 0.05) is 20.1 Å². The minimum atomic E-state index is -0.121. The van der Waals surface area contributed by atoms with Crippen molar-refractivity contribution in [2.75, 3.05) is 25.6 Å². The van der Waals surface area contributed by atoms with Crippen LogP contribution >= 0.6 is 0 Å². The number of hydrogen-bond acceptors (Lipinski definition) is 4. The van der Waals surface area contributed by atoms with Gasteiger partial charge >= 0.3 is 0 Å². The van der Waals surface area contributed by atoms with E-state index in [1.165, 1.54) is 6.92 Å². The molecule has 1 aromatic rings. The second kappa shape index (κ2) is 5.98. The van der Waals surface area contributed by atoms with E-state index in [0.29, 0.717) is 24.8 Å². The van der Waals surface area contributed by atoms with Crippen molar-refractivity contribution >= 4 is 11.6 Å². The van der Waals surface area contributed by atoms with Gasteiger partial charge in [0.25, 0.3) is 0 Å². The summed E-state index contributed by atoms with van der Waals surface area (Å²) < 4.78 is 10.1. The van der Waals surface area contributed by atoms with Crippen LogP contribution < -0.4 is 10.1 Å². The van der Waals surface area contributed by atoms with Crippen molar-refractivity contribution in [3.8, 4) is 5.88 Å². The Morgan fingerprint density at radius 3 is 2.80 bits per heavy atom. The summed E-state index contributed by atoms with van der Waals surface area (Å²) in [5, 5.41) is 2.62. The quantitative estimate of drug-likeness (QED) is 0.738. The molecule has 1 heterocycles. The fraction of sp³-hybridized carbons (Fsp3) is 0.400. The van der Waals surface area contributed by atoms with Crippen molar-refractivity contribution < 1.29 is 14.3 Å². The highest BCUT2D eigenvalue weighted by molar-refractivity contribution is 5.88. The molecule has 1 aromatic heterocycles. The SMILES string of the molecule is COCCOc1ccc(NC(C)=O)cn1. The number of pyridine rings is 1. The van der Waals surface area contributed by atoms with Crippen LogP contribution in [0.25, 0.3) is 0 Å². The molecule has 0 bridgehead atoms. The van der Waals surface area contributed by atoms with Gasteiger partial charge in [0.1, 0.15) is 6.61 Å². The molecule has 0 aliphatic carbocycles. The van der Waals surface area contributed by atoms with Gasteiger partial charge in [-0.2, -0.15) is 0 Å². The molecular formula is C10H14N2O3. The molecule has 5 heteroatoms. The molecule has 1 N–H and O–H groups in total. The number of aromatic nitrogens is 1. The topological polar surface area (TPSA) is 60.5 Å². The molecule has 0 atom stereocenters. The van der Waals surface area contributed by atoms with E-state index in [2.05, 4.69) is 10.3 Å². The van der Waals surface area contributed by atoms with E-state index in [0.717, 1.165) is 0 Å². The Labute approximate surface area is 88.4 Å². The highest BCUT2D eigenvalue weighted by Crippen LogP contribution is 2.11. The maximum Gasteiger partial charge on any atom is 0.221 e. The van der Waals surface area contributed by atoms with Crippen LogP contribution in [0, 0.1) is 0 Å². The van der Waals surface area contributed by atoms with Gasteiger partial charge in [-0.25, -0.2) is 4.98 Å². The van der Waals surface area contributed by atoms with Crippen LogP contribution in [-0.2, 0) is 9.53 Å². The molecule has 5 nitrogen and oxygen atoms in total. The lowest BCUT2D eigenvalue weighted by Crippen LogP contribution is -2.07. The average molecular weight is 210 g/mol. The molecule has 0 saturated heterocycles. The van der Waals surface area contributed by atoms with Crippen LogP contribution in [0.3, 0.4) is 0 Å². The Balaban J connectivity index is 2.45. The molecule has 0 fully saturated rings. The lowest BCUT2D eigenvalue weighted by atomic mass is 10.4. The fourth-order valence-corrected chi connectivity index (χ4v) is 0.972. The van der Waals surface area contributed by atoms with Gasteiger partial charge in [-0.05, 0) is 6.07 Å². The molecule has 0 aliphatic heterocycles. The van der Waals surface area contributed by atoms with E-state index in [9.17, 15) is 4.79 Å². The third kappa shape index (κ3) is 4.42. The largest absolute Gasteiger partial charge is 0.475 e. The number of anilines is 1. The third-order valence-electron chi connectivity index (χ3n) is 1.59. The Morgan fingerprint density at radius 1 is 1.47 bits per heavy atom. The molecule has 0 saturated carbocycles. The summed E-state index contributed by atoms with van der Waals surface area (Å²) in [5.41, 5.74) is 0.654. The number of ether oxygens (including phenoxy) is 2. The minimum Gasteiger partial charge on any atom is -0.475 e. The van der Waals surface area contributed by atoms with Crippen LogP contribution in [0.1, 0.15) is 6.92 Å². The Kier molecular flexibility index (Phi) is 4.56. The van der Waals surface area contributed by atoms with E-state index in [1.807, 2.05) is 0 Å². The predicted molar refractivity (Wildman–Crippen MR) is 55.9 cm³/mol. The number of carbonyl (C=O) groups excluding carboxylic acids is 1. The van der Waals surface area contributed by atoms with Crippen LogP contribution in [0.2, 0.25) is 0 Å². The first-order chi connectivity index (χ1) is 7.22. The fourth-order valence-electron chi connectivity index (χ4n) is 0.972. The highest BCUT2D eigenvalue weighted by atomic mass is 16.5. The summed E-state index contributed by atoms with van der Waals surface area (Å²) in [4.78, 5) is 14.7. The maximum absolute atomic E-state index is 10.7. The van der Waals surface area contributed by atoms with E-state index < -0.39 is 0 Å². The number of hydrogen-bond donors (Lipinski definition) is 1. The van der Waals surface area contributed by atoms with Gasteiger partial charge in [-0.15, -0.1) is 0 Å². The van der Waals surface area contributed by atoms with Crippen molar-refractivity contribution in [2.24, 2.45) is 0 Å². The second-order valence-electron chi connectivity index (χ2n) is 2.91. The number of methoxy groups -OCH3 is 1. The van der Waals surface area contributed by atoms with E-state index in [-0.39, 0.29) is 5.91 Å². The Hall–Kier alpha value is -1.62. The normalized spacial score (nSPS) is 9.73. The monoisotopic (exact) mass is 210 g/mol. The van der Waals surface area contributed by atoms with Crippen molar-refractivity contribution in [3.05, 3.63) is 18.3 Å². The van der Waals surface area contributed by atoms with Crippen molar-refractivity contribution in [1.82, 2.24) is 4.98 Å². The molecule has 0 aromatic carbocycles. The lowest BCUT2D eigenvalue weighted by molar-refractivity contribution is -0.114. The number of nitrogens with zero attached hydrogens (tertiary/aromatic N) is 1. The van der Waals surface area contributed by atoms with E-state index >= 15 is 0 Å². The third-order valence-corrected chi connectivity index (χ3v) is 1.59. The highest BCUT2D eigenvalue weighted by Gasteiger charge is 1.97. The van der Waals surface area contributed by atoms with Gasteiger partial charge in [-0.1, -0.05) is 0 Å². The second-order valence-corrected chi connectivity index (χ2v) is 2.91. The zero-order valence-electron chi connectivity index (χ0n) is 8.82. The summed E-state index contributed by atoms with van der Waals surface area (Å²) in [6.07, 6.45) is 1.55. The van der Waals surface area contributed by atoms with Gasteiger partial charge in [0.15, 0.2) is 0 Å². The average Bonchev–Trinajstić information content (AvgIpc) is 2.20. The van der Waals surface area contributed by atoms with Crippen molar-refractivity contribution in [2.45, 2.75) is 6.92 Å². The molecule has 15 heavy (non-hydrogen) atoms. The number of rotatable bonds is 5. The van der Waals surface area contributed by atoms with Crippen LogP contribution in [0.5, 0.6) is 5.88 Å². The zero-order chi connectivity index (χ0) is 11.1. The van der Waals surface area contributed by atoms with E-state index in [4.69, 9.17) is 9.47 Å². The van der Waals surface area contributed by atoms with Crippen molar-refractivity contribution in [1.29, 1.82) is 0 Å². The van der Waals surface area contributed by atoms with Crippen LogP contribution in [0.15, 0.2) is 18.3 Å². The molecule has 0 radical (unpaired) electrons. The van der Waals surface area contributed by atoms with Crippen LogP contribution in [-0.4, -0.2) is 31.2 Å². The van der Waals surface area contributed by atoms with Gasteiger partial charge in [-0.3, -0.25) is 4.79 Å². The van der Waals surface area contributed by atoms with E-state index in [1.54, 1.807) is 25.4 Å². The van der Waals surface area contributed by atoms with Gasteiger partial charge in [0.2, 0.25) is 11.8 Å². The molecule has 82 valence electrons. The smallest absolute Gasteiger partial charge is 0.221 e. The molecule has 0 spiro atoms. The first-order valence-corrected chi connectivity index (χ1v) is 4.58. The minimum absolute atomic E-state index is 0.121. The predicted octanol–water partition coefficient (Wildman–Crippen LogP) is 1.07. The van der Waals surface area contributed by atoms with Gasteiger partial charge in [0.05, 0.1) is 18.5 Å². The summed E-state index contributed by atoms with van der Waals surface area (Å²) in [7, 11) is 1.61. The van der Waals surface area contributed by atoms with Crippen molar-refractivity contribution in [3.63, 3.8) is 0 Å². The van der Waals surface area contributed by atoms with Gasteiger partial charge < -0.3 is 14.8 Å². The standard InChI is InChI=1S/C10H14N2O3/c1-8(13)12-9-3-4-10(11-7-9)15-6-5-14-2/h3-4,7H,5-6H2,1-2H3,(H,12,13). The first-order valence-electron chi connectivity index (χ1n) is 4.58. The Morgan fingerprint density at radius 2 is 2.27 bits per heavy atom. The molecule has 0 unspecified atom stereocenters. The summed E-state index contributed by atoms with van der Waals surface area (Å²) in [6, 6.07) is 3.43. The number of amides is 1. The zero-order valence-corrected chi connectivity index (χ0v) is 8.82. The molecule has 1 rings (SSSR count). The lowest BCUT2D eigenvalue weighted by Gasteiger charge is -2.05. The number of carbonyl (C=O) groups is 1. The maximum atomic E-state index is 10.7. The molecular weight excluding hydrogens is 196 g/mol. The van der Waals surface area contributed by atoms with Crippen LogP contribution in [0.4, 0.5) is 5.69 Å². The molecule has 1 amide bonds. The first kappa shape index (κ1) is 11.5.